The normalized spacial score (nSPS) is 9.53. The summed E-state index contributed by atoms with van der Waals surface area (Å²) in [6.07, 6.45) is 0.620. The molecule has 102 valence electrons. The second kappa shape index (κ2) is 7.00. The van der Waals surface area contributed by atoms with Gasteiger partial charge < -0.3 is 15.4 Å². The fourth-order valence-electron chi connectivity index (χ4n) is 1.48. The number of benzene rings is 1. The number of aldehydes is 1. The second-order valence-electron chi connectivity index (χ2n) is 3.63. The predicted octanol–water partition coefficient (Wildman–Crippen LogP) is 0.717. The fraction of sp³-hybridized carbons (Fsp3) is 0.250. The van der Waals surface area contributed by atoms with Crippen molar-refractivity contribution in [3.63, 3.8) is 0 Å². The molecule has 0 unspecified atom stereocenters. The number of hydrogen-bond donors (Lipinski definition) is 2. The molecule has 0 aromatic heterocycles. The van der Waals surface area contributed by atoms with Crippen molar-refractivity contribution in [2.45, 2.75) is 6.92 Å². The third-order valence-electron chi connectivity index (χ3n) is 2.37. The minimum atomic E-state index is -0.862. The lowest BCUT2D eigenvalue weighted by Crippen LogP contribution is -2.54. The van der Waals surface area contributed by atoms with Gasteiger partial charge in [0.2, 0.25) is 0 Å². The van der Waals surface area contributed by atoms with E-state index in [1.54, 1.807) is 37.3 Å². The molecule has 19 heavy (non-hydrogen) atoms. The molecular weight excluding hydrogens is 248 g/mol. The molecule has 1 rings (SSSR count). The van der Waals surface area contributed by atoms with E-state index in [-0.39, 0.29) is 6.54 Å². The Hall–Kier alpha value is -2.57. The number of rotatable bonds is 4. The lowest BCUT2D eigenvalue weighted by atomic mass is 10.3. The summed E-state index contributed by atoms with van der Waals surface area (Å²) in [5, 5.41) is 1.01. The minimum Gasteiger partial charge on any atom is -0.350 e. The molecule has 0 aliphatic rings. The number of carbonyl (C=O) groups excluding carboxylic acids is 3. The summed E-state index contributed by atoms with van der Waals surface area (Å²) in [6.45, 7) is 2.01. The van der Waals surface area contributed by atoms with Crippen LogP contribution in [0, 0.1) is 0 Å². The molecular formula is C12H16N4O3. The first-order valence-corrected chi connectivity index (χ1v) is 5.74. The Bertz CT molecular complexity index is 450. The van der Waals surface area contributed by atoms with Gasteiger partial charge in [0.15, 0.2) is 0 Å². The van der Waals surface area contributed by atoms with Gasteiger partial charge in [0.05, 0.1) is 12.2 Å². The quantitative estimate of drug-likeness (QED) is 0.619. The number of amides is 4. The zero-order chi connectivity index (χ0) is 14.3. The Kier molecular flexibility index (Phi) is 5.34. The van der Waals surface area contributed by atoms with Crippen LogP contribution in [0.4, 0.5) is 15.3 Å². The first kappa shape index (κ1) is 14.5. The van der Waals surface area contributed by atoms with Crippen LogP contribution < -0.4 is 16.2 Å². The molecule has 0 aliphatic carbocycles. The van der Waals surface area contributed by atoms with Gasteiger partial charge >= 0.3 is 12.1 Å². The summed E-state index contributed by atoms with van der Waals surface area (Å²) >= 11 is 0. The molecule has 0 saturated carbocycles. The van der Waals surface area contributed by atoms with E-state index in [0.29, 0.717) is 18.5 Å². The summed E-state index contributed by atoms with van der Waals surface area (Å²) in [5.41, 5.74) is 7.74. The maximum Gasteiger partial charge on any atom is 0.343 e. The van der Waals surface area contributed by atoms with Crippen LogP contribution in [0.25, 0.3) is 0 Å². The molecule has 0 radical (unpaired) electrons. The molecule has 0 aliphatic heterocycles. The summed E-state index contributed by atoms with van der Waals surface area (Å²) in [5.74, 6) is 0. The fourth-order valence-corrected chi connectivity index (χ4v) is 1.48. The number of nitrogens with zero attached hydrogens (tertiary/aromatic N) is 2. The molecule has 7 nitrogen and oxygen atoms in total. The number of carbonyl (C=O) groups is 3. The number of hydrazine groups is 1. The van der Waals surface area contributed by atoms with E-state index in [1.807, 2.05) is 0 Å². The van der Waals surface area contributed by atoms with Crippen molar-refractivity contribution in [3.8, 4) is 0 Å². The number of nitrogens with two attached hydrogens (primary N) is 1. The highest BCUT2D eigenvalue weighted by Crippen LogP contribution is 2.13. The topological polar surface area (TPSA) is 95.7 Å². The highest BCUT2D eigenvalue weighted by molar-refractivity contribution is 5.95. The number of urea groups is 2. The molecule has 3 N–H and O–H groups in total. The van der Waals surface area contributed by atoms with Crippen molar-refractivity contribution >= 4 is 24.0 Å². The van der Waals surface area contributed by atoms with E-state index in [0.717, 1.165) is 5.01 Å². The molecule has 0 saturated heterocycles. The monoisotopic (exact) mass is 264 g/mol. The largest absolute Gasteiger partial charge is 0.350 e. The van der Waals surface area contributed by atoms with Crippen molar-refractivity contribution < 1.29 is 14.4 Å². The molecule has 7 heteroatoms. The number of primary amides is 1. The van der Waals surface area contributed by atoms with E-state index in [2.05, 4.69) is 5.43 Å². The third-order valence-corrected chi connectivity index (χ3v) is 2.37. The van der Waals surface area contributed by atoms with Crippen molar-refractivity contribution in [1.29, 1.82) is 0 Å². The highest BCUT2D eigenvalue weighted by atomic mass is 16.2. The minimum absolute atomic E-state index is 0.0564. The van der Waals surface area contributed by atoms with Crippen molar-refractivity contribution in [2.24, 2.45) is 5.73 Å². The first-order valence-electron chi connectivity index (χ1n) is 5.74. The number of anilines is 1. The van der Waals surface area contributed by atoms with Gasteiger partial charge in [-0.25, -0.2) is 20.0 Å². The van der Waals surface area contributed by atoms with Crippen LogP contribution in [0.2, 0.25) is 0 Å². The van der Waals surface area contributed by atoms with E-state index < -0.39 is 12.1 Å². The van der Waals surface area contributed by atoms with Gasteiger partial charge in [-0.05, 0) is 19.1 Å². The Morgan fingerprint density at radius 2 is 1.95 bits per heavy atom. The van der Waals surface area contributed by atoms with Crippen molar-refractivity contribution in [2.75, 3.05) is 18.1 Å². The van der Waals surface area contributed by atoms with Crippen LogP contribution in [-0.4, -0.2) is 36.3 Å². The number of hydrogen-bond acceptors (Lipinski definition) is 3. The molecule has 1 aromatic rings. The average Bonchev–Trinajstić information content (AvgIpc) is 2.42. The van der Waals surface area contributed by atoms with Crippen LogP contribution in [0.5, 0.6) is 0 Å². The zero-order valence-corrected chi connectivity index (χ0v) is 10.6. The Labute approximate surface area is 110 Å². The van der Waals surface area contributed by atoms with Gasteiger partial charge in [-0.2, -0.15) is 0 Å². The maximum absolute atomic E-state index is 12.2. The molecule has 0 spiro atoms. The van der Waals surface area contributed by atoms with Crippen LogP contribution in [-0.2, 0) is 4.79 Å². The Morgan fingerprint density at radius 1 is 1.32 bits per heavy atom. The van der Waals surface area contributed by atoms with Crippen LogP contribution in [0.1, 0.15) is 6.92 Å². The number of likely N-dealkylation sites (N-methyl/N-ethyl adjacent to an activating group) is 1. The van der Waals surface area contributed by atoms with Crippen molar-refractivity contribution in [1.82, 2.24) is 10.3 Å². The lowest BCUT2D eigenvalue weighted by Gasteiger charge is -2.28. The Balaban J connectivity index is 2.99. The summed E-state index contributed by atoms with van der Waals surface area (Å²) in [7, 11) is 0. The molecule has 4 amide bonds. The zero-order valence-electron chi connectivity index (χ0n) is 10.6. The van der Waals surface area contributed by atoms with Crippen LogP contribution in [0.15, 0.2) is 30.3 Å². The maximum atomic E-state index is 12.2. The van der Waals surface area contributed by atoms with Gasteiger partial charge in [-0.3, -0.25) is 0 Å². The van der Waals surface area contributed by atoms with E-state index in [4.69, 9.17) is 5.73 Å². The summed E-state index contributed by atoms with van der Waals surface area (Å²) in [4.78, 5) is 35.0. The lowest BCUT2D eigenvalue weighted by molar-refractivity contribution is -0.108. The molecule has 0 heterocycles. The standard InChI is InChI=1S/C12H16N4O3/c1-2-15(8-9-17)12(19)16(14-11(13)18)10-6-4-3-5-7-10/h3-7,9H,2,8H2,1H3,(H3,13,14,18). The van der Waals surface area contributed by atoms with Gasteiger partial charge in [-0.1, -0.05) is 18.2 Å². The predicted molar refractivity (Wildman–Crippen MR) is 70.3 cm³/mol. The molecule has 0 bridgehead atoms. The Morgan fingerprint density at radius 3 is 2.42 bits per heavy atom. The second-order valence-corrected chi connectivity index (χ2v) is 3.63. The van der Waals surface area contributed by atoms with E-state index in [9.17, 15) is 14.4 Å². The summed E-state index contributed by atoms with van der Waals surface area (Å²) in [6, 6.07) is 7.10. The number of nitrogens with one attached hydrogen (secondary N) is 1. The summed E-state index contributed by atoms with van der Waals surface area (Å²) < 4.78 is 0. The van der Waals surface area contributed by atoms with Crippen LogP contribution in [0.3, 0.4) is 0 Å². The smallest absolute Gasteiger partial charge is 0.343 e. The average molecular weight is 264 g/mol. The molecule has 0 atom stereocenters. The van der Waals surface area contributed by atoms with E-state index >= 15 is 0 Å². The van der Waals surface area contributed by atoms with Gasteiger partial charge in [0, 0.05) is 6.54 Å². The van der Waals surface area contributed by atoms with Gasteiger partial charge in [0.25, 0.3) is 0 Å². The number of para-hydroxylation sites is 1. The van der Waals surface area contributed by atoms with Crippen LogP contribution >= 0.6 is 0 Å². The first-order chi connectivity index (χ1) is 9.10. The van der Waals surface area contributed by atoms with Gasteiger partial charge in [-0.15, -0.1) is 0 Å². The molecule has 0 fully saturated rings. The highest BCUT2D eigenvalue weighted by Gasteiger charge is 2.22. The third kappa shape index (κ3) is 3.98. The van der Waals surface area contributed by atoms with E-state index in [1.165, 1.54) is 4.90 Å². The SMILES string of the molecule is CCN(CC=O)C(=O)N(NC(N)=O)c1ccccc1. The van der Waals surface area contributed by atoms with Gasteiger partial charge in [0.1, 0.15) is 6.29 Å². The molecule has 1 aromatic carbocycles. The van der Waals surface area contributed by atoms with Crippen molar-refractivity contribution in [3.05, 3.63) is 30.3 Å².